The molecule has 0 amide bonds. The average Bonchev–Trinajstić information content (AvgIpc) is 2.26. The van der Waals surface area contributed by atoms with Crippen LogP contribution in [0, 0.1) is 11.7 Å². The highest BCUT2D eigenvalue weighted by atomic mass is 35.5. The standard InChI is InChI=1S/C12H18FNO2.ClH/c1-3-7(2)12(16)11(14)9-5-4-8(15)6-10(9)13;/h4-7,11-12,15-16H,3,14H2,1-2H3;1H/t7?,11-,12+;/m0./s1. The van der Waals surface area contributed by atoms with E-state index >= 15 is 0 Å². The average molecular weight is 264 g/mol. The van der Waals surface area contributed by atoms with Gasteiger partial charge in [-0.3, -0.25) is 0 Å². The molecule has 1 unspecified atom stereocenters. The number of rotatable bonds is 4. The molecule has 5 heteroatoms. The molecule has 0 aromatic heterocycles. The lowest BCUT2D eigenvalue weighted by molar-refractivity contribution is 0.0867. The van der Waals surface area contributed by atoms with E-state index in [9.17, 15) is 9.50 Å². The van der Waals surface area contributed by atoms with Crippen molar-refractivity contribution in [1.82, 2.24) is 0 Å². The fourth-order valence-electron chi connectivity index (χ4n) is 1.57. The Labute approximate surface area is 107 Å². The largest absolute Gasteiger partial charge is 0.508 e. The zero-order valence-electron chi connectivity index (χ0n) is 9.93. The third-order valence-corrected chi connectivity index (χ3v) is 2.94. The molecule has 1 rings (SSSR count). The summed E-state index contributed by atoms with van der Waals surface area (Å²) in [5.74, 6) is -0.732. The summed E-state index contributed by atoms with van der Waals surface area (Å²) < 4.78 is 13.5. The first-order valence-electron chi connectivity index (χ1n) is 5.39. The number of aliphatic hydroxyl groups excluding tert-OH is 1. The number of aliphatic hydroxyl groups is 1. The Bertz CT molecular complexity index is 362. The van der Waals surface area contributed by atoms with Crippen LogP contribution in [0.1, 0.15) is 31.9 Å². The summed E-state index contributed by atoms with van der Waals surface area (Å²) in [5.41, 5.74) is 6.02. The zero-order chi connectivity index (χ0) is 12.3. The predicted octanol–water partition coefficient (Wildman–Crippen LogP) is 2.36. The number of phenolic OH excluding ortho intramolecular Hbond substituents is 1. The lowest BCUT2D eigenvalue weighted by Gasteiger charge is -2.24. The molecular weight excluding hydrogens is 245 g/mol. The van der Waals surface area contributed by atoms with Gasteiger partial charge in [-0.15, -0.1) is 12.4 Å². The van der Waals surface area contributed by atoms with E-state index in [0.717, 1.165) is 12.5 Å². The molecule has 0 spiro atoms. The maximum atomic E-state index is 13.5. The Morgan fingerprint density at radius 2 is 2.00 bits per heavy atom. The van der Waals surface area contributed by atoms with Gasteiger partial charge >= 0.3 is 0 Å². The van der Waals surface area contributed by atoms with Gasteiger partial charge in [-0.05, 0) is 12.0 Å². The molecule has 4 N–H and O–H groups in total. The van der Waals surface area contributed by atoms with Gasteiger partial charge in [0.15, 0.2) is 0 Å². The Hall–Kier alpha value is -0.840. The van der Waals surface area contributed by atoms with Crippen LogP contribution in [0.5, 0.6) is 5.75 Å². The lowest BCUT2D eigenvalue weighted by Crippen LogP contribution is -2.32. The Morgan fingerprint density at radius 1 is 1.41 bits per heavy atom. The minimum absolute atomic E-state index is 0. The monoisotopic (exact) mass is 263 g/mol. The number of halogens is 2. The van der Waals surface area contributed by atoms with Crippen molar-refractivity contribution in [3.05, 3.63) is 29.6 Å². The maximum Gasteiger partial charge on any atom is 0.131 e. The maximum absolute atomic E-state index is 13.5. The van der Waals surface area contributed by atoms with Crippen molar-refractivity contribution in [1.29, 1.82) is 0 Å². The van der Waals surface area contributed by atoms with Crippen LogP contribution in [0.4, 0.5) is 4.39 Å². The number of benzene rings is 1. The van der Waals surface area contributed by atoms with Gasteiger partial charge in [0.05, 0.1) is 12.1 Å². The van der Waals surface area contributed by atoms with Crippen molar-refractivity contribution in [2.75, 3.05) is 0 Å². The number of phenols is 1. The first-order chi connectivity index (χ1) is 7.47. The normalized spacial score (nSPS) is 15.8. The Balaban J connectivity index is 0.00000256. The third kappa shape index (κ3) is 3.84. The summed E-state index contributed by atoms with van der Waals surface area (Å²) in [5, 5.41) is 18.9. The van der Waals surface area contributed by atoms with Crippen molar-refractivity contribution < 1.29 is 14.6 Å². The number of hydrogen-bond acceptors (Lipinski definition) is 3. The minimum atomic E-state index is -0.788. The highest BCUT2D eigenvalue weighted by molar-refractivity contribution is 5.85. The van der Waals surface area contributed by atoms with Crippen LogP contribution >= 0.6 is 12.4 Å². The highest BCUT2D eigenvalue weighted by Gasteiger charge is 2.24. The van der Waals surface area contributed by atoms with E-state index < -0.39 is 18.0 Å². The molecule has 1 aromatic carbocycles. The topological polar surface area (TPSA) is 66.5 Å². The van der Waals surface area contributed by atoms with Crippen LogP contribution in [0.25, 0.3) is 0 Å². The molecule has 0 fully saturated rings. The smallest absolute Gasteiger partial charge is 0.131 e. The first kappa shape index (κ1) is 16.2. The van der Waals surface area contributed by atoms with Crippen molar-refractivity contribution in [2.45, 2.75) is 32.4 Å². The van der Waals surface area contributed by atoms with Gasteiger partial charge in [0.2, 0.25) is 0 Å². The number of nitrogens with two attached hydrogens (primary N) is 1. The molecule has 0 radical (unpaired) electrons. The predicted molar refractivity (Wildman–Crippen MR) is 67.7 cm³/mol. The van der Waals surface area contributed by atoms with E-state index in [4.69, 9.17) is 10.8 Å². The third-order valence-electron chi connectivity index (χ3n) is 2.94. The van der Waals surface area contributed by atoms with Gasteiger partial charge in [0.25, 0.3) is 0 Å². The number of aromatic hydroxyl groups is 1. The van der Waals surface area contributed by atoms with Gasteiger partial charge in [-0.1, -0.05) is 26.3 Å². The van der Waals surface area contributed by atoms with Crippen molar-refractivity contribution in [3.63, 3.8) is 0 Å². The Morgan fingerprint density at radius 3 is 2.47 bits per heavy atom. The van der Waals surface area contributed by atoms with Crippen LogP contribution < -0.4 is 5.73 Å². The summed E-state index contributed by atoms with van der Waals surface area (Å²) >= 11 is 0. The molecule has 0 aliphatic carbocycles. The molecular formula is C12H19ClFNO2. The van der Waals surface area contributed by atoms with Crippen LogP contribution in [0.15, 0.2) is 18.2 Å². The van der Waals surface area contributed by atoms with E-state index in [-0.39, 0.29) is 29.6 Å². The van der Waals surface area contributed by atoms with Crippen molar-refractivity contribution in [3.8, 4) is 5.75 Å². The fraction of sp³-hybridized carbons (Fsp3) is 0.500. The van der Waals surface area contributed by atoms with Gasteiger partial charge in [0.1, 0.15) is 11.6 Å². The quantitative estimate of drug-likeness (QED) is 0.781. The fourth-order valence-corrected chi connectivity index (χ4v) is 1.57. The molecule has 3 nitrogen and oxygen atoms in total. The van der Waals surface area contributed by atoms with Gasteiger partial charge in [0, 0.05) is 11.6 Å². The second-order valence-electron chi connectivity index (χ2n) is 4.11. The molecule has 0 saturated carbocycles. The summed E-state index contributed by atoms with van der Waals surface area (Å²) in [6, 6.07) is 3.00. The molecule has 0 bridgehead atoms. The van der Waals surface area contributed by atoms with Crippen LogP contribution in [0.2, 0.25) is 0 Å². The summed E-state index contributed by atoms with van der Waals surface area (Å²) in [7, 11) is 0. The molecule has 0 heterocycles. The Kier molecular flexibility index (Phi) is 6.45. The van der Waals surface area contributed by atoms with E-state index in [0.29, 0.717) is 0 Å². The zero-order valence-corrected chi connectivity index (χ0v) is 10.7. The first-order valence-corrected chi connectivity index (χ1v) is 5.39. The van der Waals surface area contributed by atoms with E-state index in [2.05, 4.69) is 0 Å². The van der Waals surface area contributed by atoms with E-state index in [1.165, 1.54) is 12.1 Å². The highest BCUT2D eigenvalue weighted by Crippen LogP contribution is 2.25. The van der Waals surface area contributed by atoms with Gasteiger partial charge < -0.3 is 15.9 Å². The molecule has 98 valence electrons. The van der Waals surface area contributed by atoms with Gasteiger partial charge in [-0.2, -0.15) is 0 Å². The molecule has 0 aliphatic heterocycles. The van der Waals surface area contributed by atoms with Crippen molar-refractivity contribution in [2.24, 2.45) is 11.7 Å². The minimum Gasteiger partial charge on any atom is -0.508 e. The number of hydrogen-bond donors (Lipinski definition) is 3. The van der Waals surface area contributed by atoms with Crippen LogP contribution in [0.3, 0.4) is 0 Å². The molecule has 3 atom stereocenters. The van der Waals surface area contributed by atoms with Gasteiger partial charge in [-0.25, -0.2) is 4.39 Å². The van der Waals surface area contributed by atoms with E-state index in [1.54, 1.807) is 0 Å². The SMILES string of the molecule is CCC(C)[C@@H](O)[C@@H](N)c1ccc(O)cc1F.Cl. The molecule has 1 aromatic rings. The van der Waals surface area contributed by atoms with Crippen LogP contribution in [-0.4, -0.2) is 16.3 Å². The summed E-state index contributed by atoms with van der Waals surface area (Å²) in [6.07, 6.45) is -0.0155. The second kappa shape index (κ2) is 6.79. The molecule has 17 heavy (non-hydrogen) atoms. The van der Waals surface area contributed by atoms with E-state index in [1.807, 2.05) is 13.8 Å². The summed E-state index contributed by atoms with van der Waals surface area (Å²) in [4.78, 5) is 0. The van der Waals surface area contributed by atoms with Crippen molar-refractivity contribution >= 4 is 12.4 Å². The lowest BCUT2D eigenvalue weighted by atomic mass is 9.91. The molecule has 0 aliphatic rings. The summed E-state index contributed by atoms with van der Waals surface area (Å²) in [6.45, 7) is 3.80. The second-order valence-corrected chi connectivity index (χ2v) is 4.11. The van der Waals surface area contributed by atoms with Crippen LogP contribution in [-0.2, 0) is 0 Å². The molecule has 0 saturated heterocycles.